The second kappa shape index (κ2) is 8.65. The molecule has 1 amide bonds. The van der Waals surface area contributed by atoms with Crippen LogP contribution in [0.5, 0.6) is 0 Å². The number of hydrogen-bond donors (Lipinski definition) is 1. The van der Waals surface area contributed by atoms with Crippen LogP contribution in [0.25, 0.3) is 0 Å². The lowest BCUT2D eigenvalue weighted by molar-refractivity contribution is 0.0947. The molecule has 2 aromatic rings. The quantitative estimate of drug-likeness (QED) is 0.614. The lowest BCUT2D eigenvalue weighted by atomic mass is 10.1. The average molecular weight is 378 g/mol. The van der Waals surface area contributed by atoms with Gasteiger partial charge < -0.3 is 0 Å². The van der Waals surface area contributed by atoms with E-state index >= 15 is 0 Å². The first-order chi connectivity index (χ1) is 11.9. The second-order valence-corrected chi connectivity index (χ2v) is 6.43. The number of hydrazine groups is 1. The molecule has 25 heavy (non-hydrogen) atoms. The molecular weight excluding hydrogens is 361 g/mol. The number of nitrogens with zero attached hydrogens (tertiary/aromatic N) is 4. The van der Waals surface area contributed by atoms with Crippen LogP contribution in [0, 0.1) is 17.2 Å². The molecule has 0 radical (unpaired) electrons. The smallest absolute Gasteiger partial charge is 0.267 e. The lowest BCUT2D eigenvalue weighted by Gasteiger charge is -2.26. The van der Waals surface area contributed by atoms with E-state index in [1.54, 1.807) is 24.3 Å². The highest BCUT2D eigenvalue weighted by atomic mass is 35.5. The van der Waals surface area contributed by atoms with E-state index in [4.69, 9.17) is 28.5 Å². The highest BCUT2D eigenvalue weighted by Gasteiger charge is 2.18. The Kier molecular flexibility index (Phi) is 6.57. The van der Waals surface area contributed by atoms with Crippen LogP contribution in [0.2, 0.25) is 5.02 Å². The maximum Gasteiger partial charge on any atom is 0.269 e. The number of benzene rings is 1. The summed E-state index contributed by atoms with van der Waals surface area (Å²) in [6.07, 6.45) is 1.34. The van der Waals surface area contributed by atoms with Gasteiger partial charge in [0.25, 0.3) is 5.91 Å². The van der Waals surface area contributed by atoms with Crippen molar-refractivity contribution in [2.24, 2.45) is 5.92 Å². The van der Waals surface area contributed by atoms with Gasteiger partial charge in [-0.25, -0.2) is 4.98 Å². The number of carbonyl (C=O) groups excluding carboxylic acids is 1. The Morgan fingerprint density at radius 3 is 2.60 bits per heavy atom. The Morgan fingerprint density at radius 1 is 1.36 bits per heavy atom. The van der Waals surface area contributed by atoms with Gasteiger partial charge in [-0.05, 0) is 23.6 Å². The first-order valence-corrected chi connectivity index (χ1v) is 8.52. The van der Waals surface area contributed by atoms with Gasteiger partial charge in [0.1, 0.15) is 11.1 Å². The summed E-state index contributed by atoms with van der Waals surface area (Å²) in [5.74, 6) is 0.557. The van der Waals surface area contributed by atoms with E-state index in [0.29, 0.717) is 18.0 Å². The fraction of sp³-hybridized carbons (Fsp3) is 0.294. The van der Waals surface area contributed by atoms with Crippen molar-refractivity contribution < 1.29 is 4.79 Å². The Hall–Kier alpha value is -2.36. The molecule has 0 atom stereocenters. The minimum absolute atomic E-state index is 0.0196. The van der Waals surface area contributed by atoms with Crippen molar-refractivity contribution in [3.05, 3.63) is 52.4 Å². The van der Waals surface area contributed by atoms with Gasteiger partial charge in [0.2, 0.25) is 5.82 Å². The third kappa shape index (κ3) is 5.05. The van der Waals surface area contributed by atoms with Crippen molar-refractivity contribution >= 4 is 34.9 Å². The predicted molar refractivity (Wildman–Crippen MR) is 97.4 cm³/mol. The van der Waals surface area contributed by atoms with E-state index in [-0.39, 0.29) is 28.5 Å². The van der Waals surface area contributed by atoms with Crippen molar-refractivity contribution in [2.45, 2.75) is 19.7 Å². The standard InChI is InChI=1S/C17H17Cl2N5O/c1-11(2)10-24(16-14(19)9-21-15(8-20)22-16)23-17(25)13-5-3-12(7-18)4-6-13/h3-6,9,11H,7,10H2,1-2H3,(H,23,25). The van der Waals surface area contributed by atoms with Crippen molar-refractivity contribution in [1.29, 1.82) is 5.26 Å². The van der Waals surface area contributed by atoms with Crippen LogP contribution in [0.3, 0.4) is 0 Å². The number of rotatable bonds is 6. The number of anilines is 1. The van der Waals surface area contributed by atoms with E-state index in [0.717, 1.165) is 5.56 Å². The largest absolute Gasteiger partial charge is 0.269 e. The predicted octanol–water partition coefficient (Wildman–Crippen LogP) is 3.55. The number of aromatic nitrogens is 2. The van der Waals surface area contributed by atoms with Crippen molar-refractivity contribution in [2.75, 3.05) is 11.6 Å². The second-order valence-electron chi connectivity index (χ2n) is 5.75. The highest BCUT2D eigenvalue weighted by Crippen LogP contribution is 2.22. The Balaban J connectivity index is 2.28. The van der Waals surface area contributed by atoms with Crippen molar-refractivity contribution in [3.63, 3.8) is 0 Å². The minimum Gasteiger partial charge on any atom is -0.267 e. The van der Waals surface area contributed by atoms with Gasteiger partial charge in [-0.1, -0.05) is 37.6 Å². The molecule has 0 bridgehead atoms. The molecule has 2 rings (SSSR count). The minimum atomic E-state index is -0.310. The summed E-state index contributed by atoms with van der Waals surface area (Å²) in [7, 11) is 0. The van der Waals surface area contributed by atoms with Crippen LogP contribution in [-0.4, -0.2) is 22.4 Å². The highest BCUT2D eigenvalue weighted by molar-refractivity contribution is 6.32. The molecule has 0 aliphatic heterocycles. The average Bonchev–Trinajstić information content (AvgIpc) is 2.61. The summed E-state index contributed by atoms with van der Waals surface area (Å²) < 4.78 is 0. The zero-order chi connectivity index (χ0) is 18.4. The van der Waals surface area contributed by atoms with Crippen molar-refractivity contribution in [1.82, 2.24) is 15.4 Å². The number of hydrogen-bond acceptors (Lipinski definition) is 5. The Bertz CT molecular complexity index is 787. The van der Waals surface area contributed by atoms with Gasteiger partial charge in [-0.3, -0.25) is 15.2 Å². The number of amides is 1. The van der Waals surface area contributed by atoms with E-state index in [1.807, 2.05) is 19.9 Å². The van der Waals surface area contributed by atoms with Crippen LogP contribution in [0.1, 0.15) is 35.6 Å². The van der Waals surface area contributed by atoms with Gasteiger partial charge in [0, 0.05) is 18.0 Å². The molecule has 130 valence electrons. The lowest BCUT2D eigenvalue weighted by Crippen LogP contribution is -2.45. The molecule has 0 saturated carbocycles. The zero-order valence-electron chi connectivity index (χ0n) is 13.8. The van der Waals surface area contributed by atoms with E-state index in [2.05, 4.69) is 15.4 Å². The van der Waals surface area contributed by atoms with Crippen LogP contribution in [-0.2, 0) is 5.88 Å². The summed E-state index contributed by atoms with van der Waals surface area (Å²) in [5, 5.41) is 10.8. The molecule has 6 nitrogen and oxygen atoms in total. The molecule has 8 heteroatoms. The van der Waals surface area contributed by atoms with Gasteiger partial charge in [-0.15, -0.1) is 11.6 Å². The SMILES string of the molecule is CC(C)CN(NC(=O)c1ccc(CCl)cc1)c1nc(C#N)ncc1Cl. The number of halogens is 2. The van der Waals surface area contributed by atoms with Crippen molar-refractivity contribution in [3.8, 4) is 6.07 Å². The molecule has 1 N–H and O–H groups in total. The summed E-state index contributed by atoms with van der Waals surface area (Å²) in [4.78, 5) is 20.5. The molecule has 0 aliphatic carbocycles. The number of nitriles is 1. The van der Waals surface area contributed by atoms with E-state index < -0.39 is 0 Å². The number of carbonyl (C=O) groups is 1. The number of alkyl halides is 1. The molecular formula is C17H17Cl2N5O. The van der Waals surface area contributed by atoms with Crippen LogP contribution in [0.4, 0.5) is 5.82 Å². The summed E-state index contributed by atoms with van der Waals surface area (Å²) in [6.45, 7) is 4.45. The molecule has 0 unspecified atom stereocenters. The molecule has 0 saturated heterocycles. The summed E-state index contributed by atoms with van der Waals surface area (Å²) in [6, 6.07) is 8.85. The topological polar surface area (TPSA) is 81.9 Å². The van der Waals surface area contributed by atoms with E-state index in [9.17, 15) is 4.79 Å². The Morgan fingerprint density at radius 2 is 2.04 bits per heavy atom. The van der Waals surface area contributed by atoms with Gasteiger partial charge in [-0.2, -0.15) is 10.2 Å². The fourth-order valence-corrected chi connectivity index (χ4v) is 2.46. The monoisotopic (exact) mass is 377 g/mol. The zero-order valence-corrected chi connectivity index (χ0v) is 15.3. The maximum atomic E-state index is 12.5. The van der Waals surface area contributed by atoms with Crippen LogP contribution in [0.15, 0.2) is 30.5 Å². The molecule has 0 fully saturated rings. The van der Waals surface area contributed by atoms with Gasteiger partial charge in [0.05, 0.1) is 6.20 Å². The first-order valence-electron chi connectivity index (χ1n) is 7.60. The molecule has 1 aromatic carbocycles. The third-order valence-electron chi connectivity index (χ3n) is 3.24. The summed E-state index contributed by atoms with van der Waals surface area (Å²) in [5.41, 5.74) is 4.19. The van der Waals surface area contributed by atoms with Crippen LogP contribution >= 0.6 is 23.2 Å². The van der Waals surface area contributed by atoms with Crippen LogP contribution < -0.4 is 10.4 Å². The molecule has 1 aromatic heterocycles. The molecule has 0 aliphatic rings. The van der Waals surface area contributed by atoms with Gasteiger partial charge in [0.15, 0.2) is 5.82 Å². The first kappa shape index (κ1) is 19.0. The Labute approximate surface area is 156 Å². The fourth-order valence-electron chi connectivity index (χ4n) is 2.08. The molecule has 0 spiro atoms. The van der Waals surface area contributed by atoms with E-state index in [1.165, 1.54) is 11.2 Å². The molecule has 1 heterocycles. The third-order valence-corrected chi connectivity index (χ3v) is 3.81. The maximum absolute atomic E-state index is 12.5. The summed E-state index contributed by atoms with van der Waals surface area (Å²) >= 11 is 11.9. The number of nitrogens with one attached hydrogen (secondary N) is 1. The normalized spacial score (nSPS) is 10.4. The van der Waals surface area contributed by atoms with Gasteiger partial charge >= 0.3 is 0 Å².